The molecule has 2 aromatic carbocycles. The van der Waals surface area contributed by atoms with Crippen LogP contribution >= 0.6 is 15.9 Å². The second-order valence-electron chi connectivity index (χ2n) is 4.70. The Morgan fingerprint density at radius 1 is 1.24 bits per heavy atom. The van der Waals surface area contributed by atoms with Gasteiger partial charge >= 0.3 is 0 Å². The lowest BCUT2D eigenvalue weighted by Gasteiger charge is -2.09. The van der Waals surface area contributed by atoms with Crippen LogP contribution in [0.3, 0.4) is 0 Å². The summed E-state index contributed by atoms with van der Waals surface area (Å²) in [5.41, 5.74) is 2.65. The molecule has 0 unspecified atom stereocenters. The lowest BCUT2D eigenvalue weighted by molar-refractivity contribution is 0.408. The number of rotatable bonds is 3. The van der Waals surface area contributed by atoms with Gasteiger partial charge in [-0.2, -0.15) is 0 Å². The number of nitrogens with zero attached hydrogens (tertiary/aromatic N) is 2. The minimum absolute atomic E-state index is 0.165. The van der Waals surface area contributed by atoms with E-state index in [0.29, 0.717) is 11.3 Å². The van der Waals surface area contributed by atoms with Crippen LogP contribution in [0, 0.1) is 0 Å². The maximum atomic E-state index is 10.2. The van der Waals surface area contributed by atoms with Crippen LogP contribution < -0.4 is 4.74 Å². The number of imidazole rings is 1. The van der Waals surface area contributed by atoms with Gasteiger partial charge in [0.05, 0.1) is 23.7 Å². The number of halogens is 1. The molecule has 0 radical (unpaired) electrons. The molecule has 1 aromatic heterocycles. The number of ether oxygens (including phenoxy) is 1. The van der Waals surface area contributed by atoms with Gasteiger partial charge in [-0.15, -0.1) is 0 Å². The van der Waals surface area contributed by atoms with Crippen molar-refractivity contribution in [3.05, 3.63) is 40.9 Å². The SMILES string of the molecule is CCn1c(-c2ccc(OC)cc2O)nc2cc(Br)ccc21. The fraction of sp³-hybridized carbons (Fsp3) is 0.188. The van der Waals surface area contributed by atoms with Gasteiger partial charge in [-0.25, -0.2) is 4.98 Å². The minimum atomic E-state index is 0.165. The highest BCUT2D eigenvalue weighted by molar-refractivity contribution is 9.10. The van der Waals surface area contributed by atoms with E-state index in [1.165, 1.54) is 0 Å². The van der Waals surface area contributed by atoms with Crippen molar-refractivity contribution in [2.24, 2.45) is 0 Å². The second kappa shape index (κ2) is 5.41. The van der Waals surface area contributed by atoms with Crippen LogP contribution in [-0.4, -0.2) is 21.8 Å². The lowest BCUT2D eigenvalue weighted by Crippen LogP contribution is -1.97. The van der Waals surface area contributed by atoms with E-state index in [9.17, 15) is 5.11 Å². The first-order valence-corrected chi connectivity index (χ1v) is 7.46. The van der Waals surface area contributed by atoms with Crippen LogP contribution in [0.5, 0.6) is 11.5 Å². The standard InChI is InChI=1S/C16H15BrN2O2/c1-3-19-14-7-4-10(17)8-13(14)18-16(19)12-6-5-11(21-2)9-15(12)20/h4-9,20H,3H2,1-2H3. The average Bonchev–Trinajstić information content (AvgIpc) is 2.84. The maximum Gasteiger partial charge on any atom is 0.144 e. The largest absolute Gasteiger partial charge is 0.507 e. The number of phenols is 1. The van der Waals surface area contributed by atoms with Crippen LogP contribution in [0.4, 0.5) is 0 Å². The van der Waals surface area contributed by atoms with Crippen molar-refractivity contribution in [2.45, 2.75) is 13.5 Å². The first kappa shape index (κ1) is 13.9. The number of hydrogen-bond acceptors (Lipinski definition) is 3. The van der Waals surface area contributed by atoms with E-state index in [-0.39, 0.29) is 5.75 Å². The summed E-state index contributed by atoms with van der Waals surface area (Å²) in [4.78, 5) is 4.66. The summed E-state index contributed by atoms with van der Waals surface area (Å²) < 4.78 is 8.20. The summed E-state index contributed by atoms with van der Waals surface area (Å²) >= 11 is 3.46. The molecule has 5 heteroatoms. The molecule has 21 heavy (non-hydrogen) atoms. The van der Waals surface area contributed by atoms with Crippen molar-refractivity contribution >= 4 is 27.0 Å². The highest BCUT2D eigenvalue weighted by Crippen LogP contribution is 2.34. The third-order valence-corrected chi connectivity index (χ3v) is 3.97. The van der Waals surface area contributed by atoms with E-state index >= 15 is 0 Å². The molecule has 1 heterocycles. The Morgan fingerprint density at radius 3 is 2.71 bits per heavy atom. The Kier molecular flexibility index (Phi) is 3.59. The molecule has 4 nitrogen and oxygen atoms in total. The molecular formula is C16H15BrN2O2. The van der Waals surface area contributed by atoms with Gasteiger partial charge in [0.2, 0.25) is 0 Å². The molecule has 0 spiro atoms. The molecule has 108 valence electrons. The molecule has 3 aromatic rings. The van der Waals surface area contributed by atoms with Crippen LogP contribution in [-0.2, 0) is 6.54 Å². The number of hydrogen-bond donors (Lipinski definition) is 1. The molecule has 0 aliphatic heterocycles. The zero-order valence-electron chi connectivity index (χ0n) is 11.8. The molecule has 0 bridgehead atoms. The number of aromatic nitrogens is 2. The molecule has 0 saturated carbocycles. The van der Waals surface area contributed by atoms with Gasteiger partial charge in [0, 0.05) is 17.1 Å². The van der Waals surface area contributed by atoms with Crippen molar-refractivity contribution < 1.29 is 9.84 Å². The Hall–Kier alpha value is -2.01. The van der Waals surface area contributed by atoms with E-state index in [1.807, 2.05) is 30.3 Å². The molecule has 0 aliphatic rings. The van der Waals surface area contributed by atoms with Crippen molar-refractivity contribution in [1.29, 1.82) is 0 Å². The smallest absolute Gasteiger partial charge is 0.144 e. The Labute approximate surface area is 131 Å². The first-order chi connectivity index (χ1) is 10.1. The van der Waals surface area contributed by atoms with Crippen LogP contribution in [0.25, 0.3) is 22.4 Å². The molecule has 0 fully saturated rings. The fourth-order valence-corrected chi connectivity index (χ4v) is 2.81. The average molecular weight is 347 g/mol. The van der Waals surface area contributed by atoms with Gasteiger partial charge in [0.1, 0.15) is 17.3 Å². The van der Waals surface area contributed by atoms with Crippen molar-refractivity contribution in [3.63, 3.8) is 0 Å². The molecular weight excluding hydrogens is 332 g/mol. The molecule has 0 amide bonds. The third kappa shape index (κ3) is 2.38. The summed E-state index contributed by atoms with van der Waals surface area (Å²) in [7, 11) is 1.58. The Balaban J connectivity index is 2.24. The van der Waals surface area contributed by atoms with E-state index < -0.39 is 0 Å². The number of benzene rings is 2. The summed E-state index contributed by atoms with van der Waals surface area (Å²) in [5.74, 6) is 1.54. The van der Waals surface area contributed by atoms with Crippen LogP contribution in [0.1, 0.15) is 6.92 Å². The van der Waals surface area contributed by atoms with Gasteiger partial charge in [-0.05, 0) is 37.3 Å². The zero-order chi connectivity index (χ0) is 15.0. The third-order valence-electron chi connectivity index (χ3n) is 3.47. The summed E-state index contributed by atoms with van der Waals surface area (Å²) in [6, 6.07) is 11.3. The number of fused-ring (bicyclic) bond motifs is 1. The summed E-state index contributed by atoms with van der Waals surface area (Å²) in [6.07, 6.45) is 0. The van der Waals surface area contributed by atoms with Crippen molar-refractivity contribution in [2.75, 3.05) is 7.11 Å². The number of methoxy groups -OCH3 is 1. The van der Waals surface area contributed by atoms with Crippen LogP contribution in [0.2, 0.25) is 0 Å². The highest BCUT2D eigenvalue weighted by Gasteiger charge is 2.15. The van der Waals surface area contributed by atoms with Gasteiger partial charge in [0.15, 0.2) is 0 Å². The second-order valence-corrected chi connectivity index (χ2v) is 5.61. The van der Waals surface area contributed by atoms with Crippen LogP contribution in [0.15, 0.2) is 40.9 Å². The predicted octanol–water partition coefficient (Wildman–Crippen LogP) is 4.20. The van der Waals surface area contributed by atoms with E-state index in [2.05, 4.69) is 32.4 Å². The van der Waals surface area contributed by atoms with Gasteiger partial charge in [-0.3, -0.25) is 0 Å². The van der Waals surface area contributed by atoms with E-state index in [0.717, 1.165) is 27.9 Å². The maximum absolute atomic E-state index is 10.2. The quantitative estimate of drug-likeness (QED) is 0.772. The zero-order valence-corrected chi connectivity index (χ0v) is 13.4. The monoisotopic (exact) mass is 346 g/mol. The Morgan fingerprint density at radius 2 is 2.05 bits per heavy atom. The molecule has 3 rings (SSSR count). The molecule has 0 saturated heterocycles. The topological polar surface area (TPSA) is 47.3 Å². The number of aryl methyl sites for hydroxylation is 1. The molecule has 0 atom stereocenters. The summed E-state index contributed by atoms with van der Waals surface area (Å²) in [6.45, 7) is 2.84. The number of aromatic hydroxyl groups is 1. The van der Waals surface area contributed by atoms with Crippen molar-refractivity contribution in [3.8, 4) is 22.9 Å². The van der Waals surface area contributed by atoms with Gasteiger partial charge in [-0.1, -0.05) is 15.9 Å². The molecule has 0 aliphatic carbocycles. The van der Waals surface area contributed by atoms with E-state index in [1.54, 1.807) is 13.2 Å². The summed E-state index contributed by atoms with van der Waals surface area (Å²) in [5, 5.41) is 10.2. The molecule has 1 N–H and O–H groups in total. The van der Waals surface area contributed by atoms with Crippen molar-refractivity contribution in [1.82, 2.24) is 9.55 Å². The normalized spacial score (nSPS) is 11.0. The predicted molar refractivity (Wildman–Crippen MR) is 86.8 cm³/mol. The Bertz CT molecular complexity index is 811. The lowest BCUT2D eigenvalue weighted by atomic mass is 10.2. The number of phenolic OH excluding ortho intramolecular Hbond substituents is 1. The van der Waals surface area contributed by atoms with Gasteiger partial charge < -0.3 is 14.4 Å². The fourth-order valence-electron chi connectivity index (χ4n) is 2.46. The minimum Gasteiger partial charge on any atom is -0.507 e. The van der Waals surface area contributed by atoms with Gasteiger partial charge in [0.25, 0.3) is 0 Å². The van der Waals surface area contributed by atoms with E-state index in [4.69, 9.17) is 4.74 Å². The highest BCUT2D eigenvalue weighted by atomic mass is 79.9. The first-order valence-electron chi connectivity index (χ1n) is 6.67.